The Hall–Kier alpha value is -0.860. The average Bonchev–Trinajstić information content (AvgIpc) is 2.48. The van der Waals surface area contributed by atoms with Gasteiger partial charge in [-0.2, -0.15) is 0 Å². The fourth-order valence-electron chi connectivity index (χ4n) is 4.01. The first-order chi connectivity index (χ1) is 10.1. The molecule has 2 aliphatic rings. The minimum Gasteiger partial charge on any atom is -0.308 e. The van der Waals surface area contributed by atoms with E-state index in [4.69, 9.17) is 0 Å². The molecule has 3 rings (SSSR count). The molecule has 1 saturated heterocycles. The minimum atomic E-state index is 0.407. The van der Waals surface area contributed by atoms with Gasteiger partial charge in [0.1, 0.15) is 0 Å². The summed E-state index contributed by atoms with van der Waals surface area (Å²) in [6, 6.07) is 7.59. The maximum atomic E-state index is 3.88. The molecule has 0 aromatic heterocycles. The lowest BCUT2D eigenvalue weighted by Crippen LogP contribution is -2.63. The van der Waals surface area contributed by atoms with Crippen LogP contribution in [0.4, 0.5) is 0 Å². The van der Waals surface area contributed by atoms with Crippen LogP contribution in [0, 0.1) is 13.8 Å². The molecule has 1 aromatic carbocycles. The molecule has 1 saturated carbocycles. The van der Waals surface area contributed by atoms with Crippen LogP contribution in [0.1, 0.15) is 55.7 Å². The highest BCUT2D eigenvalue weighted by Gasteiger charge is 2.38. The summed E-state index contributed by atoms with van der Waals surface area (Å²) in [6.45, 7) is 10.3. The number of hydrogen-bond acceptors (Lipinski definition) is 2. The minimum absolute atomic E-state index is 0.407. The molecule has 1 heterocycles. The second-order valence-corrected chi connectivity index (χ2v) is 7.39. The first kappa shape index (κ1) is 15.1. The van der Waals surface area contributed by atoms with E-state index in [1.165, 1.54) is 55.3 Å². The molecule has 116 valence electrons. The molecule has 1 atom stereocenters. The molecule has 1 N–H and O–H groups in total. The van der Waals surface area contributed by atoms with Gasteiger partial charge in [-0.1, -0.05) is 37.5 Å². The van der Waals surface area contributed by atoms with Crippen LogP contribution in [0.25, 0.3) is 0 Å². The second-order valence-electron chi connectivity index (χ2n) is 7.39. The van der Waals surface area contributed by atoms with Gasteiger partial charge < -0.3 is 5.32 Å². The number of nitrogens with zero attached hydrogens (tertiary/aromatic N) is 1. The van der Waals surface area contributed by atoms with Crippen LogP contribution in [0.5, 0.6) is 0 Å². The maximum Gasteiger partial charge on any atom is 0.0309 e. The summed E-state index contributed by atoms with van der Waals surface area (Å²) in [7, 11) is 0. The van der Waals surface area contributed by atoms with E-state index in [1.54, 1.807) is 0 Å². The van der Waals surface area contributed by atoms with E-state index >= 15 is 0 Å². The van der Waals surface area contributed by atoms with Crippen molar-refractivity contribution in [3.05, 3.63) is 34.9 Å². The normalized spacial score (nSPS) is 26.1. The molecule has 2 heteroatoms. The molecule has 1 aliphatic heterocycles. The van der Waals surface area contributed by atoms with Crippen molar-refractivity contribution in [2.45, 2.75) is 71.0 Å². The topological polar surface area (TPSA) is 15.3 Å². The van der Waals surface area contributed by atoms with Crippen LogP contribution in [0.3, 0.4) is 0 Å². The third kappa shape index (κ3) is 3.32. The van der Waals surface area contributed by atoms with Crippen molar-refractivity contribution in [2.75, 3.05) is 13.1 Å². The summed E-state index contributed by atoms with van der Waals surface area (Å²) in [4.78, 5) is 2.70. The molecule has 2 fully saturated rings. The molecule has 0 amide bonds. The fourth-order valence-corrected chi connectivity index (χ4v) is 4.01. The summed E-state index contributed by atoms with van der Waals surface area (Å²) < 4.78 is 0. The van der Waals surface area contributed by atoms with E-state index in [0.717, 1.165) is 13.1 Å². The van der Waals surface area contributed by atoms with Crippen molar-refractivity contribution in [3.63, 3.8) is 0 Å². The van der Waals surface area contributed by atoms with Crippen LogP contribution >= 0.6 is 0 Å². The van der Waals surface area contributed by atoms with Gasteiger partial charge in [-0.25, -0.2) is 0 Å². The van der Waals surface area contributed by atoms with Crippen molar-refractivity contribution < 1.29 is 0 Å². The van der Waals surface area contributed by atoms with Crippen LogP contribution in [0.15, 0.2) is 18.2 Å². The molecule has 21 heavy (non-hydrogen) atoms. The van der Waals surface area contributed by atoms with E-state index in [2.05, 4.69) is 49.2 Å². The highest BCUT2D eigenvalue weighted by Crippen LogP contribution is 2.32. The Bertz CT molecular complexity index is 488. The fraction of sp³-hybridized carbons (Fsp3) is 0.684. The van der Waals surface area contributed by atoms with E-state index in [1.807, 2.05) is 0 Å². The largest absolute Gasteiger partial charge is 0.308 e. The van der Waals surface area contributed by atoms with E-state index in [0.29, 0.717) is 11.6 Å². The van der Waals surface area contributed by atoms with E-state index < -0.39 is 0 Å². The first-order valence-electron chi connectivity index (χ1n) is 8.63. The van der Waals surface area contributed by atoms with Crippen molar-refractivity contribution >= 4 is 0 Å². The Balaban J connectivity index is 1.71. The van der Waals surface area contributed by atoms with Gasteiger partial charge >= 0.3 is 0 Å². The highest BCUT2D eigenvalue weighted by atomic mass is 15.2. The van der Waals surface area contributed by atoms with Crippen molar-refractivity contribution in [1.29, 1.82) is 0 Å². The van der Waals surface area contributed by atoms with Gasteiger partial charge in [0.25, 0.3) is 0 Å². The van der Waals surface area contributed by atoms with Gasteiger partial charge in [0, 0.05) is 31.2 Å². The third-order valence-corrected chi connectivity index (χ3v) is 5.67. The van der Waals surface area contributed by atoms with Gasteiger partial charge in [0.15, 0.2) is 0 Å². The van der Waals surface area contributed by atoms with Crippen LogP contribution in [0.2, 0.25) is 0 Å². The van der Waals surface area contributed by atoms with Crippen molar-refractivity contribution in [1.82, 2.24) is 10.2 Å². The summed E-state index contributed by atoms with van der Waals surface area (Å²) in [5.74, 6) is 0. The van der Waals surface area contributed by atoms with Crippen molar-refractivity contribution in [2.24, 2.45) is 0 Å². The van der Waals surface area contributed by atoms with E-state index in [-0.39, 0.29) is 0 Å². The van der Waals surface area contributed by atoms with E-state index in [9.17, 15) is 0 Å². The predicted molar refractivity (Wildman–Crippen MR) is 89.6 cm³/mol. The number of benzene rings is 1. The van der Waals surface area contributed by atoms with Gasteiger partial charge in [-0.15, -0.1) is 0 Å². The van der Waals surface area contributed by atoms with Crippen LogP contribution in [-0.4, -0.2) is 29.6 Å². The molecule has 1 aromatic rings. The zero-order valence-corrected chi connectivity index (χ0v) is 13.9. The summed E-state index contributed by atoms with van der Waals surface area (Å²) in [5, 5.41) is 3.88. The zero-order chi connectivity index (χ0) is 14.9. The molecule has 0 bridgehead atoms. The Morgan fingerprint density at radius 2 is 1.90 bits per heavy atom. The Morgan fingerprint density at radius 1 is 1.14 bits per heavy atom. The monoisotopic (exact) mass is 286 g/mol. The highest BCUT2D eigenvalue weighted by molar-refractivity contribution is 5.30. The lowest BCUT2D eigenvalue weighted by Gasteiger charge is -2.49. The third-order valence-electron chi connectivity index (χ3n) is 5.67. The number of aryl methyl sites for hydroxylation is 2. The zero-order valence-electron chi connectivity index (χ0n) is 13.9. The molecule has 0 radical (unpaired) electrons. The first-order valence-corrected chi connectivity index (χ1v) is 8.63. The van der Waals surface area contributed by atoms with Gasteiger partial charge in [0.05, 0.1) is 0 Å². The predicted octanol–water partition coefficient (Wildman–Crippen LogP) is 3.80. The van der Waals surface area contributed by atoms with Gasteiger partial charge in [-0.05, 0) is 50.3 Å². The lowest BCUT2D eigenvalue weighted by molar-refractivity contribution is 0.0573. The smallest absolute Gasteiger partial charge is 0.0309 e. The Morgan fingerprint density at radius 3 is 2.62 bits per heavy atom. The van der Waals surface area contributed by atoms with Gasteiger partial charge in [0.2, 0.25) is 0 Å². The summed E-state index contributed by atoms with van der Waals surface area (Å²) in [5.41, 5.74) is 4.70. The number of hydrogen-bond donors (Lipinski definition) is 1. The van der Waals surface area contributed by atoms with Crippen LogP contribution < -0.4 is 5.32 Å². The van der Waals surface area contributed by atoms with Crippen molar-refractivity contribution in [3.8, 4) is 0 Å². The average molecular weight is 286 g/mol. The molecular formula is C19H30N2. The Kier molecular flexibility index (Phi) is 4.37. The molecule has 1 unspecified atom stereocenters. The molecule has 1 aliphatic carbocycles. The SMILES string of the molecule is Cc1ccc(CN2CC3(CCCCC3)NCC2C)cc1C. The number of piperazine rings is 1. The molecular weight excluding hydrogens is 256 g/mol. The summed E-state index contributed by atoms with van der Waals surface area (Å²) in [6.07, 6.45) is 6.96. The maximum absolute atomic E-state index is 3.88. The molecule has 2 nitrogen and oxygen atoms in total. The quantitative estimate of drug-likeness (QED) is 0.889. The molecule has 1 spiro atoms. The number of rotatable bonds is 2. The lowest BCUT2D eigenvalue weighted by atomic mass is 9.79. The standard InChI is InChI=1S/C19H30N2/c1-15-7-8-18(11-16(15)2)13-21-14-19(20-12-17(21)3)9-5-4-6-10-19/h7-8,11,17,20H,4-6,9-10,12-14H2,1-3H3. The Labute approximate surface area is 129 Å². The van der Waals surface area contributed by atoms with Crippen LogP contribution in [-0.2, 0) is 6.54 Å². The second kappa shape index (κ2) is 6.10. The summed E-state index contributed by atoms with van der Waals surface area (Å²) >= 11 is 0. The number of nitrogens with one attached hydrogen (secondary N) is 1. The van der Waals surface area contributed by atoms with Gasteiger partial charge in [-0.3, -0.25) is 4.90 Å².